The van der Waals surface area contributed by atoms with Crippen molar-refractivity contribution >= 4 is 40.9 Å². The fourth-order valence-corrected chi connectivity index (χ4v) is 2.99. The largest absolute Gasteiger partial charge is 0.348 e. The van der Waals surface area contributed by atoms with Crippen LogP contribution in [0.4, 0.5) is 0 Å². The number of carbonyl (C=O) groups is 1. The van der Waals surface area contributed by atoms with Crippen LogP contribution in [0, 0.1) is 0 Å². The lowest BCUT2D eigenvalue weighted by Gasteiger charge is -2.17. The average molecular weight is 305 g/mol. The van der Waals surface area contributed by atoms with Crippen LogP contribution < -0.4 is 10.6 Å². The third-order valence-electron chi connectivity index (χ3n) is 2.84. The predicted octanol–water partition coefficient (Wildman–Crippen LogP) is 2.83. The van der Waals surface area contributed by atoms with Gasteiger partial charge in [-0.05, 0) is 24.6 Å². The fraction of sp³-hybridized carbons (Fsp3) is 0.417. The third-order valence-corrected chi connectivity index (χ3v) is 4.51. The van der Waals surface area contributed by atoms with Crippen molar-refractivity contribution in [3.63, 3.8) is 0 Å². The van der Waals surface area contributed by atoms with E-state index in [0.717, 1.165) is 17.2 Å². The number of halogens is 2. The maximum absolute atomic E-state index is 11.9. The molecule has 3 nitrogen and oxygen atoms in total. The molecule has 1 fully saturated rings. The highest BCUT2D eigenvalue weighted by Gasteiger charge is 2.23. The molecule has 0 bridgehead atoms. The smallest absolute Gasteiger partial charge is 0.238 e. The first-order chi connectivity index (χ1) is 8.58. The minimum Gasteiger partial charge on any atom is -0.348 e. The number of amides is 1. The zero-order chi connectivity index (χ0) is 13.1. The van der Waals surface area contributed by atoms with Crippen molar-refractivity contribution < 1.29 is 4.79 Å². The minimum atomic E-state index is -0.0970. The van der Waals surface area contributed by atoms with E-state index in [-0.39, 0.29) is 18.0 Å². The number of hydrogen-bond donors (Lipinski definition) is 2. The molecule has 1 aliphatic heterocycles. The van der Waals surface area contributed by atoms with Gasteiger partial charge in [0.2, 0.25) is 5.91 Å². The Morgan fingerprint density at radius 3 is 2.89 bits per heavy atom. The molecule has 0 spiro atoms. The van der Waals surface area contributed by atoms with Gasteiger partial charge < -0.3 is 5.32 Å². The maximum atomic E-state index is 11.9. The average Bonchev–Trinajstić information content (AvgIpc) is 2.86. The molecule has 0 saturated carbocycles. The molecule has 1 saturated heterocycles. The van der Waals surface area contributed by atoms with Gasteiger partial charge in [-0.2, -0.15) is 0 Å². The van der Waals surface area contributed by atoms with Crippen LogP contribution in [0.5, 0.6) is 0 Å². The van der Waals surface area contributed by atoms with Gasteiger partial charge in [-0.3, -0.25) is 10.1 Å². The number of thioether (sulfide) groups is 1. The van der Waals surface area contributed by atoms with Crippen molar-refractivity contribution in [3.05, 3.63) is 33.8 Å². The molecule has 1 aromatic carbocycles. The van der Waals surface area contributed by atoms with Crippen LogP contribution in [0.1, 0.15) is 18.5 Å². The van der Waals surface area contributed by atoms with Crippen molar-refractivity contribution in [2.24, 2.45) is 0 Å². The first-order valence-corrected chi connectivity index (χ1v) is 7.55. The van der Waals surface area contributed by atoms with Gasteiger partial charge in [0, 0.05) is 11.6 Å². The maximum Gasteiger partial charge on any atom is 0.238 e. The Labute approximate surface area is 121 Å². The van der Waals surface area contributed by atoms with E-state index in [9.17, 15) is 4.79 Å². The summed E-state index contributed by atoms with van der Waals surface area (Å²) in [5, 5.41) is 7.13. The highest BCUT2D eigenvalue weighted by molar-refractivity contribution is 7.99. The molecule has 2 atom stereocenters. The quantitative estimate of drug-likeness (QED) is 0.902. The van der Waals surface area contributed by atoms with Crippen LogP contribution >= 0.6 is 35.0 Å². The Hall–Kier alpha value is -0.420. The summed E-state index contributed by atoms with van der Waals surface area (Å²) in [6.45, 7) is 1.93. The fourth-order valence-electron chi connectivity index (χ4n) is 1.74. The van der Waals surface area contributed by atoms with Gasteiger partial charge >= 0.3 is 0 Å². The zero-order valence-electron chi connectivity index (χ0n) is 9.87. The summed E-state index contributed by atoms with van der Waals surface area (Å²) >= 11 is 13.6. The molecule has 6 heteroatoms. The Bertz CT molecular complexity index is 450. The zero-order valence-corrected chi connectivity index (χ0v) is 12.2. The highest BCUT2D eigenvalue weighted by Crippen LogP contribution is 2.25. The first-order valence-electron chi connectivity index (χ1n) is 5.64. The topological polar surface area (TPSA) is 41.1 Å². The SMILES string of the molecule is CC(NC(=O)C1CSCN1)c1ccc(Cl)c(Cl)c1. The van der Waals surface area contributed by atoms with Crippen molar-refractivity contribution in [1.82, 2.24) is 10.6 Å². The lowest BCUT2D eigenvalue weighted by molar-refractivity contribution is -0.123. The van der Waals surface area contributed by atoms with Gasteiger partial charge in [0.25, 0.3) is 0 Å². The normalized spacial score (nSPS) is 20.7. The van der Waals surface area contributed by atoms with Crippen LogP contribution in [-0.4, -0.2) is 23.6 Å². The molecule has 1 aliphatic rings. The third kappa shape index (κ3) is 3.32. The van der Waals surface area contributed by atoms with E-state index < -0.39 is 0 Å². The van der Waals surface area contributed by atoms with Crippen molar-refractivity contribution in [3.8, 4) is 0 Å². The summed E-state index contributed by atoms with van der Waals surface area (Å²) in [6.07, 6.45) is 0. The van der Waals surface area contributed by atoms with Crippen LogP contribution in [0.25, 0.3) is 0 Å². The Kier molecular flexibility index (Phi) is 4.78. The van der Waals surface area contributed by atoms with Crippen LogP contribution in [0.3, 0.4) is 0 Å². The van der Waals surface area contributed by atoms with Gasteiger partial charge in [-0.1, -0.05) is 29.3 Å². The van der Waals surface area contributed by atoms with Crippen LogP contribution in [-0.2, 0) is 4.79 Å². The minimum absolute atomic E-state index is 0.0265. The van der Waals surface area contributed by atoms with E-state index in [1.165, 1.54) is 0 Å². The van der Waals surface area contributed by atoms with Crippen LogP contribution in [0.15, 0.2) is 18.2 Å². The summed E-state index contributed by atoms with van der Waals surface area (Å²) in [5.41, 5.74) is 0.948. The summed E-state index contributed by atoms with van der Waals surface area (Å²) in [5.74, 6) is 1.68. The second-order valence-electron chi connectivity index (χ2n) is 4.18. The Morgan fingerprint density at radius 1 is 1.50 bits per heavy atom. The first kappa shape index (κ1) is 14.0. The second kappa shape index (κ2) is 6.15. The van der Waals surface area contributed by atoms with Crippen molar-refractivity contribution in [2.75, 3.05) is 11.6 Å². The molecule has 2 unspecified atom stereocenters. The molecule has 0 aromatic heterocycles. The molecule has 1 amide bonds. The van der Waals surface area contributed by atoms with Gasteiger partial charge in [0.15, 0.2) is 0 Å². The number of hydrogen-bond acceptors (Lipinski definition) is 3. The van der Waals surface area contributed by atoms with Crippen molar-refractivity contribution in [1.29, 1.82) is 0 Å². The Balaban J connectivity index is 2.00. The molecule has 2 N–H and O–H groups in total. The van der Waals surface area contributed by atoms with E-state index >= 15 is 0 Å². The highest BCUT2D eigenvalue weighted by atomic mass is 35.5. The molecular formula is C12H14Cl2N2OS. The lowest BCUT2D eigenvalue weighted by atomic mass is 10.1. The number of benzene rings is 1. The molecule has 0 radical (unpaired) electrons. The summed E-state index contributed by atoms with van der Waals surface area (Å²) in [7, 11) is 0. The van der Waals surface area contributed by atoms with E-state index in [0.29, 0.717) is 10.0 Å². The number of nitrogens with one attached hydrogen (secondary N) is 2. The lowest BCUT2D eigenvalue weighted by Crippen LogP contribution is -2.42. The van der Waals surface area contributed by atoms with E-state index in [4.69, 9.17) is 23.2 Å². The van der Waals surface area contributed by atoms with Gasteiger partial charge in [0.05, 0.1) is 22.1 Å². The molecule has 18 heavy (non-hydrogen) atoms. The standard InChI is InChI=1S/C12H14Cl2N2OS/c1-7(8-2-3-9(13)10(14)4-8)16-12(17)11-5-18-6-15-11/h2-4,7,11,15H,5-6H2,1H3,(H,16,17). The van der Waals surface area contributed by atoms with Crippen molar-refractivity contribution in [2.45, 2.75) is 19.0 Å². The predicted molar refractivity (Wildman–Crippen MR) is 77.3 cm³/mol. The monoisotopic (exact) mass is 304 g/mol. The van der Waals surface area contributed by atoms with Gasteiger partial charge in [0.1, 0.15) is 0 Å². The molecule has 1 aromatic rings. The molecule has 1 heterocycles. The summed E-state index contributed by atoms with van der Waals surface area (Å²) in [6, 6.07) is 5.22. The molecule has 2 rings (SSSR count). The summed E-state index contributed by atoms with van der Waals surface area (Å²) < 4.78 is 0. The number of carbonyl (C=O) groups excluding carboxylic acids is 1. The molecule has 98 valence electrons. The van der Waals surface area contributed by atoms with E-state index in [1.54, 1.807) is 23.9 Å². The molecular weight excluding hydrogens is 291 g/mol. The second-order valence-corrected chi connectivity index (χ2v) is 6.02. The number of rotatable bonds is 3. The van der Waals surface area contributed by atoms with E-state index in [1.807, 2.05) is 13.0 Å². The Morgan fingerprint density at radius 2 is 2.28 bits per heavy atom. The molecule has 0 aliphatic carbocycles. The van der Waals surface area contributed by atoms with Gasteiger partial charge in [-0.15, -0.1) is 11.8 Å². The van der Waals surface area contributed by atoms with E-state index in [2.05, 4.69) is 10.6 Å². The van der Waals surface area contributed by atoms with Gasteiger partial charge in [-0.25, -0.2) is 0 Å². The summed E-state index contributed by atoms with van der Waals surface area (Å²) in [4.78, 5) is 11.9. The van der Waals surface area contributed by atoms with Crippen LogP contribution in [0.2, 0.25) is 10.0 Å².